The predicted molar refractivity (Wildman–Crippen MR) is 112 cm³/mol. The van der Waals surface area contributed by atoms with Gasteiger partial charge in [-0.2, -0.15) is 5.10 Å². The average molecular weight is 399 g/mol. The van der Waals surface area contributed by atoms with E-state index in [-0.39, 0.29) is 28.9 Å². The van der Waals surface area contributed by atoms with Crippen LogP contribution in [0.2, 0.25) is 0 Å². The Bertz CT molecular complexity index is 866. The van der Waals surface area contributed by atoms with Gasteiger partial charge >= 0.3 is 0 Å². The van der Waals surface area contributed by atoms with Gasteiger partial charge in [0, 0.05) is 11.1 Å². The molecule has 0 aliphatic carbocycles. The first-order valence-corrected chi connectivity index (χ1v) is 9.41. The summed E-state index contributed by atoms with van der Waals surface area (Å²) in [6.45, 7) is 11.9. The minimum atomic E-state index is -0.475. The lowest BCUT2D eigenvalue weighted by Crippen LogP contribution is -2.34. The summed E-state index contributed by atoms with van der Waals surface area (Å²) in [6, 6.07) is 6.82. The molecule has 0 unspecified atom stereocenters. The number of carbonyl (C=O) groups excluding carboxylic acids is 2. The summed E-state index contributed by atoms with van der Waals surface area (Å²) in [4.78, 5) is 23.7. The average Bonchev–Trinajstić information content (AvgIpc) is 3.13. The first kappa shape index (κ1) is 22.2. The number of carbonyl (C=O) groups is 2. The number of nitrogens with zero attached hydrogens (tertiary/aromatic N) is 1. The molecule has 2 rings (SSSR count). The van der Waals surface area contributed by atoms with Crippen LogP contribution in [-0.2, 0) is 15.6 Å². The van der Waals surface area contributed by atoms with Gasteiger partial charge in [0.25, 0.3) is 11.8 Å². The minimum absolute atomic E-state index is 0.134. The molecule has 3 N–H and O–H groups in total. The molecule has 156 valence electrons. The summed E-state index contributed by atoms with van der Waals surface area (Å²) in [5, 5.41) is 17.2. The highest BCUT2D eigenvalue weighted by molar-refractivity contribution is 5.94. The van der Waals surface area contributed by atoms with Crippen LogP contribution >= 0.6 is 0 Å². The molecule has 2 aromatic rings. The van der Waals surface area contributed by atoms with Crippen molar-refractivity contribution in [2.75, 3.05) is 6.54 Å². The van der Waals surface area contributed by atoms with Gasteiger partial charge in [-0.3, -0.25) is 9.59 Å². The van der Waals surface area contributed by atoms with Gasteiger partial charge in [0.2, 0.25) is 0 Å². The predicted octanol–water partition coefficient (Wildman–Crippen LogP) is 3.46. The number of aromatic hydroxyl groups is 1. The number of amides is 2. The van der Waals surface area contributed by atoms with Crippen LogP contribution in [-0.4, -0.2) is 29.7 Å². The van der Waals surface area contributed by atoms with Gasteiger partial charge in [-0.1, -0.05) is 41.5 Å². The van der Waals surface area contributed by atoms with Crippen LogP contribution in [0.5, 0.6) is 5.75 Å². The van der Waals surface area contributed by atoms with Crippen LogP contribution in [0, 0.1) is 0 Å². The van der Waals surface area contributed by atoms with E-state index < -0.39 is 11.8 Å². The summed E-state index contributed by atoms with van der Waals surface area (Å²) in [5.41, 5.74) is 4.25. The highest BCUT2D eigenvalue weighted by atomic mass is 16.3. The summed E-state index contributed by atoms with van der Waals surface area (Å²) >= 11 is 0. The zero-order valence-corrected chi connectivity index (χ0v) is 17.8. The lowest BCUT2D eigenvalue weighted by molar-refractivity contribution is -0.120. The fourth-order valence-electron chi connectivity index (χ4n) is 2.75. The van der Waals surface area contributed by atoms with Crippen LogP contribution in [0.1, 0.15) is 68.8 Å². The molecule has 0 aliphatic rings. The topological polar surface area (TPSA) is 104 Å². The van der Waals surface area contributed by atoms with Crippen molar-refractivity contribution >= 4 is 18.0 Å². The van der Waals surface area contributed by atoms with Gasteiger partial charge in [-0.15, -0.1) is 0 Å². The van der Waals surface area contributed by atoms with Crippen molar-refractivity contribution < 1.29 is 19.1 Å². The molecule has 1 heterocycles. The van der Waals surface area contributed by atoms with Gasteiger partial charge in [0.15, 0.2) is 5.76 Å². The maximum absolute atomic E-state index is 11.9. The fraction of sp³-hybridized carbons (Fsp3) is 0.409. The Morgan fingerprint density at radius 1 is 1.10 bits per heavy atom. The number of benzene rings is 1. The molecule has 0 spiro atoms. The Kier molecular flexibility index (Phi) is 6.51. The quantitative estimate of drug-likeness (QED) is 0.529. The van der Waals surface area contributed by atoms with Crippen LogP contribution in [0.4, 0.5) is 0 Å². The second-order valence-corrected chi connectivity index (χ2v) is 8.92. The van der Waals surface area contributed by atoms with E-state index in [1.165, 1.54) is 18.5 Å². The Morgan fingerprint density at radius 2 is 1.69 bits per heavy atom. The van der Waals surface area contributed by atoms with Gasteiger partial charge in [-0.25, -0.2) is 5.43 Å². The lowest BCUT2D eigenvalue weighted by atomic mass is 9.78. The maximum Gasteiger partial charge on any atom is 0.287 e. The Balaban J connectivity index is 2.09. The van der Waals surface area contributed by atoms with Crippen LogP contribution in [0.15, 0.2) is 40.0 Å². The molecule has 0 saturated heterocycles. The molecule has 0 fully saturated rings. The third-order valence-electron chi connectivity index (χ3n) is 4.31. The van der Waals surface area contributed by atoms with E-state index in [1.807, 2.05) is 53.7 Å². The van der Waals surface area contributed by atoms with Crippen molar-refractivity contribution in [3.63, 3.8) is 0 Å². The molecule has 0 saturated carbocycles. The Labute approximate surface area is 171 Å². The molecule has 29 heavy (non-hydrogen) atoms. The monoisotopic (exact) mass is 399 g/mol. The van der Waals surface area contributed by atoms with E-state index in [9.17, 15) is 14.7 Å². The summed E-state index contributed by atoms with van der Waals surface area (Å²) in [6.07, 6.45) is 2.91. The maximum atomic E-state index is 11.9. The zero-order valence-electron chi connectivity index (χ0n) is 17.8. The Morgan fingerprint density at radius 3 is 2.17 bits per heavy atom. The van der Waals surface area contributed by atoms with Crippen molar-refractivity contribution in [2.24, 2.45) is 5.10 Å². The van der Waals surface area contributed by atoms with E-state index in [2.05, 4.69) is 15.8 Å². The number of hydrazone groups is 1. The summed E-state index contributed by atoms with van der Waals surface area (Å²) in [7, 11) is 0. The smallest absolute Gasteiger partial charge is 0.287 e. The van der Waals surface area contributed by atoms with Crippen LogP contribution in [0.3, 0.4) is 0 Å². The van der Waals surface area contributed by atoms with Crippen LogP contribution in [0.25, 0.3) is 0 Å². The lowest BCUT2D eigenvalue weighted by Gasteiger charge is -2.27. The molecule has 0 bridgehead atoms. The highest BCUT2D eigenvalue weighted by Gasteiger charge is 2.26. The van der Waals surface area contributed by atoms with Gasteiger partial charge in [0.05, 0.1) is 19.0 Å². The van der Waals surface area contributed by atoms with Gasteiger partial charge in [-0.05, 0) is 40.7 Å². The summed E-state index contributed by atoms with van der Waals surface area (Å²) in [5.74, 6) is -0.522. The number of hydrogen-bond donors (Lipinski definition) is 3. The SMILES string of the molecule is CC(C)(C)c1cc(C=NNC(=O)CNC(=O)c2ccco2)cc(C(C)(C)C)c1O. The third-order valence-corrected chi connectivity index (χ3v) is 4.31. The Hall–Kier alpha value is -3.09. The molecule has 7 nitrogen and oxygen atoms in total. The van der Waals surface area contributed by atoms with Crippen molar-refractivity contribution in [1.82, 2.24) is 10.7 Å². The largest absolute Gasteiger partial charge is 0.507 e. The number of nitrogens with one attached hydrogen (secondary N) is 2. The van der Waals surface area contributed by atoms with Crippen molar-refractivity contribution in [2.45, 2.75) is 52.4 Å². The normalized spacial score (nSPS) is 12.2. The van der Waals surface area contributed by atoms with E-state index in [0.29, 0.717) is 0 Å². The standard InChI is InChI=1S/C22H29N3O4/c1-21(2,3)15-10-14(11-16(19(15)27)22(4,5)6)12-24-25-18(26)13-23-20(28)17-8-7-9-29-17/h7-12,27H,13H2,1-6H3,(H,23,28)(H,25,26). The van der Waals surface area contributed by atoms with E-state index in [4.69, 9.17) is 4.42 Å². The number of phenols is 1. The summed E-state index contributed by atoms with van der Waals surface area (Å²) < 4.78 is 4.96. The van der Waals surface area contributed by atoms with Crippen molar-refractivity contribution in [3.05, 3.63) is 53.0 Å². The number of hydrogen-bond acceptors (Lipinski definition) is 5. The van der Waals surface area contributed by atoms with E-state index >= 15 is 0 Å². The molecule has 1 aromatic carbocycles. The fourth-order valence-corrected chi connectivity index (χ4v) is 2.75. The van der Waals surface area contributed by atoms with Crippen molar-refractivity contribution in [1.29, 1.82) is 0 Å². The zero-order chi connectivity index (χ0) is 21.8. The second kappa shape index (κ2) is 8.51. The first-order chi connectivity index (χ1) is 13.4. The van der Waals surface area contributed by atoms with Gasteiger partial charge in [0.1, 0.15) is 5.75 Å². The minimum Gasteiger partial charge on any atom is -0.507 e. The van der Waals surface area contributed by atoms with Crippen molar-refractivity contribution in [3.8, 4) is 5.75 Å². The molecule has 0 aliphatic heterocycles. The number of rotatable bonds is 5. The molecule has 2 amide bonds. The highest BCUT2D eigenvalue weighted by Crippen LogP contribution is 2.39. The third kappa shape index (κ3) is 5.94. The molecule has 0 radical (unpaired) electrons. The van der Waals surface area contributed by atoms with Crippen LogP contribution < -0.4 is 10.7 Å². The molecule has 7 heteroatoms. The molecule has 1 aromatic heterocycles. The van der Waals surface area contributed by atoms with Gasteiger partial charge < -0.3 is 14.8 Å². The number of phenolic OH excluding ortho intramolecular Hbond substituents is 1. The van der Waals surface area contributed by atoms with E-state index in [0.717, 1.165) is 16.7 Å². The number of furan rings is 1. The van der Waals surface area contributed by atoms with E-state index in [1.54, 1.807) is 6.07 Å². The molecule has 0 atom stereocenters. The molecular formula is C22H29N3O4. The first-order valence-electron chi connectivity index (χ1n) is 9.41. The second-order valence-electron chi connectivity index (χ2n) is 8.92. The molecular weight excluding hydrogens is 370 g/mol.